The zero-order valence-corrected chi connectivity index (χ0v) is 38.7. The molecule has 1 heterocycles. The van der Waals surface area contributed by atoms with E-state index in [1.165, 1.54) is 89.0 Å². The molecule has 68 heavy (non-hydrogen) atoms. The van der Waals surface area contributed by atoms with Gasteiger partial charge in [-0.25, -0.2) is 0 Å². The molecule has 0 saturated carbocycles. The van der Waals surface area contributed by atoms with Crippen molar-refractivity contribution in [1.82, 2.24) is 0 Å². The van der Waals surface area contributed by atoms with E-state index >= 15 is 0 Å². The van der Waals surface area contributed by atoms with E-state index in [2.05, 4.69) is 245 Å². The molecular weight excluding hydrogens is 823 g/mol. The van der Waals surface area contributed by atoms with E-state index in [-0.39, 0.29) is 10.8 Å². The highest BCUT2D eigenvalue weighted by Crippen LogP contribution is 2.54. The van der Waals surface area contributed by atoms with Crippen molar-refractivity contribution in [3.63, 3.8) is 0 Å². The van der Waals surface area contributed by atoms with E-state index in [9.17, 15) is 0 Å². The van der Waals surface area contributed by atoms with Crippen LogP contribution in [0.1, 0.15) is 49.9 Å². The Labute approximate surface area is 398 Å². The number of fused-ring (bicyclic) bond motifs is 9. The van der Waals surface area contributed by atoms with Gasteiger partial charge in [-0.3, -0.25) is 0 Å². The van der Waals surface area contributed by atoms with Gasteiger partial charge in [-0.1, -0.05) is 185 Å². The molecule has 1 aromatic heterocycles. The predicted molar refractivity (Wildman–Crippen MR) is 285 cm³/mol. The third kappa shape index (κ3) is 6.32. The molecule has 13 rings (SSSR count). The molecule has 10 aromatic carbocycles. The summed E-state index contributed by atoms with van der Waals surface area (Å²) in [6.07, 6.45) is 0. The first kappa shape index (κ1) is 40.1. The van der Waals surface area contributed by atoms with Gasteiger partial charge < -0.3 is 9.32 Å². The van der Waals surface area contributed by atoms with Crippen molar-refractivity contribution in [3.8, 4) is 66.8 Å². The summed E-state index contributed by atoms with van der Waals surface area (Å²) in [6, 6.07) is 82.7. The molecule has 2 heteroatoms. The Balaban J connectivity index is 0.897. The molecule has 0 unspecified atom stereocenters. The fourth-order valence-electron chi connectivity index (χ4n) is 11.4. The Kier molecular flexibility index (Phi) is 8.95. The highest BCUT2D eigenvalue weighted by molar-refractivity contribution is 6.06. The molecular formula is C66H49NO. The number of furan rings is 1. The van der Waals surface area contributed by atoms with Crippen LogP contribution in [0.2, 0.25) is 0 Å². The van der Waals surface area contributed by atoms with Gasteiger partial charge in [0.05, 0.1) is 0 Å². The molecule has 0 amide bonds. The van der Waals surface area contributed by atoms with E-state index in [0.29, 0.717) is 0 Å². The van der Waals surface area contributed by atoms with Crippen LogP contribution in [0.5, 0.6) is 0 Å². The van der Waals surface area contributed by atoms with Crippen LogP contribution in [0.4, 0.5) is 17.1 Å². The monoisotopic (exact) mass is 871 g/mol. The van der Waals surface area contributed by atoms with Gasteiger partial charge in [0.15, 0.2) is 0 Å². The maximum absolute atomic E-state index is 6.19. The second-order valence-electron chi connectivity index (χ2n) is 19.7. The maximum atomic E-state index is 6.19. The molecule has 0 saturated heterocycles. The Morgan fingerprint density at radius 2 is 0.632 bits per heavy atom. The molecule has 0 bridgehead atoms. The minimum absolute atomic E-state index is 0.193. The topological polar surface area (TPSA) is 16.4 Å². The molecule has 0 fully saturated rings. The SMILES string of the molecule is CC1(C)c2cc(-c3ccccc3)ccc2-c2ccc(N(c3ccc(-c4ccc(-c5ccccc5)cc4)cc3)c3ccc4c(c3)C(C)(C)c3cc(-c5ccc6oc7ccccc7c6c5)ccc3-4)cc21. The number of nitrogens with zero attached hydrogens (tertiary/aromatic N) is 1. The number of anilines is 3. The highest BCUT2D eigenvalue weighted by atomic mass is 16.3. The fraction of sp³-hybridized carbons (Fsp3) is 0.0909. The molecule has 11 aromatic rings. The highest BCUT2D eigenvalue weighted by Gasteiger charge is 2.38. The van der Waals surface area contributed by atoms with Gasteiger partial charge in [-0.15, -0.1) is 0 Å². The summed E-state index contributed by atoms with van der Waals surface area (Å²) in [7, 11) is 0. The first-order valence-corrected chi connectivity index (χ1v) is 23.8. The van der Waals surface area contributed by atoms with Gasteiger partial charge >= 0.3 is 0 Å². The predicted octanol–water partition coefficient (Wildman–Crippen LogP) is 18.3. The molecule has 2 aliphatic rings. The lowest BCUT2D eigenvalue weighted by Gasteiger charge is -2.30. The van der Waals surface area contributed by atoms with Crippen LogP contribution in [-0.2, 0) is 10.8 Å². The van der Waals surface area contributed by atoms with Gasteiger partial charge in [0.1, 0.15) is 11.2 Å². The third-order valence-corrected chi connectivity index (χ3v) is 15.1. The lowest BCUT2D eigenvalue weighted by atomic mass is 9.81. The Morgan fingerprint density at radius 3 is 1.18 bits per heavy atom. The van der Waals surface area contributed by atoms with Gasteiger partial charge in [-0.2, -0.15) is 0 Å². The van der Waals surface area contributed by atoms with E-state index in [4.69, 9.17) is 4.42 Å². The summed E-state index contributed by atoms with van der Waals surface area (Å²) in [5.41, 5.74) is 25.2. The number of para-hydroxylation sites is 1. The lowest BCUT2D eigenvalue weighted by Crippen LogP contribution is -2.18. The van der Waals surface area contributed by atoms with Crippen LogP contribution in [0.25, 0.3) is 88.7 Å². The van der Waals surface area contributed by atoms with E-state index in [0.717, 1.165) is 39.0 Å². The van der Waals surface area contributed by atoms with Crippen molar-refractivity contribution in [2.24, 2.45) is 0 Å². The number of rotatable bonds is 7. The standard InChI is InChI=1S/C66H49NO/c1-65(2)59-38-48(43-15-9-6-10-16-43)25-32-53(59)55-34-30-51(40-61(55)65)67(50-28-23-46(24-29-50)45-21-19-44(20-22-45)42-13-7-5-8-14-42)52-31-35-56-54-33-26-49(39-60(54)66(3,4)62(56)41-52)47-27-36-64-58(37-47)57-17-11-12-18-63(57)68-64/h5-41H,1-4H3. The number of hydrogen-bond acceptors (Lipinski definition) is 2. The molecule has 0 N–H and O–H groups in total. The Hall–Kier alpha value is -8.20. The quantitative estimate of drug-likeness (QED) is 0.159. The van der Waals surface area contributed by atoms with Gasteiger partial charge in [-0.05, 0) is 156 Å². The molecule has 0 atom stereocenters. The van der Waals surface area contributed by atoms with Crippen LogP contribution in [0.3, 0.4) is 0 Å². The minimum Gasteiger partial charge on any atom is -0.456 e. The van der Waals surface area contributed by atoms with Crippen molar-refractivity contribution >= 4 is 39.0 Å². The molecule has 324 valence electrons. The maximum Gasteiger partial charge on any atom is 0.135 e. The lowest BCUT2D eigenvalue weighted by molar-refractivity contribution is 0.660. The van der Waals surface area contributed by atoms with Crippen LogP contribution < -0.4 is 4.90 Å². The van der Waals surface area contributed by atoms with Gasteiger partial charge in [0.2, 0.25) is 0 Å². The largest absolute Gasteiger partial charge is 0.456 e. The van der Waals surface area contributed by atoms with Crippen molar-refractivity contribution in [3.05, 3.63) is 247 Å². The van der Waals surface area contributed by atoms with Crippen LogP contribution in [0.15, 0.2) is 229 Å². The zero-order valence-electron chi connectivity index (χ0n) is 38.7. The summed E-state index contributed by atoms with van der Waals surface area (Å²) < 4.78 is 6.19. The Morgan fingerprint density at radius 1 is 0.279 bits per heavy atom. The van der Waals surface area contributed by atoms with Crippen LogP contribution in [0, 0.1) is 0 Å². The third-order valence-electron chi connectivity index (χ3n) is 15.1. The minimum atomic E-state index is -0.234. The van der Waals surface area contributed by atoms with Crippen LogP contribution in [-0.4, -0.2) is 0 Å². The Bertz CT molecular complexity index is 3760. The number of hydrogen-bond donors (Lipinski definition) is 0. The second-order valence-corrected chi connectivity index (χ2v) is 19.7. The number of benzene rings is 10. The average Bonchev–Trinajstić information content (AvgIpc) is 3.95. The summed E-state index contributed by atoms with van der Waals surface area (Å²) >= 11 is 0. The summed E-state index contributed by atoms with van der Waals surface area (Å²) in [6.45, 7) is 9.55. The average molecular weight is 872 g/mol. The normalized spacial score (nSPS) is 13.8. The molecule has 2 aliphatic carbocycles. The van der Waals surface area contributed by atoms with Gasteiger partial charge in [0.25, 0.3) is 0 Å². The fourth-order valence-corrected chi connectivity index (χ4v) is 11.4. The van der Waals surface area contributed by atoms with Crippen molar-refractivity contribution in [2.45, 2.75) is 38.5 Å². The van der Waals surface area contributed by atoms with E-state index in [1.807, 2.05) is 12.1 Å². The molecule has 2 nitrogen and oxygen atoms in total. The van der Waals surface area contributed by atoms with Crippen molar-refractivity contribution in [1.29, 1.82) is 0 Å². The molecule has 0 aliphatic heterocycles. The van der Waals surface area contributed by atoms with Gasteiger partial charge in [0, 0.05) is 38.7 Å². The second kappa shape index (κ2) is 15.2. The van der Waals surface area contributed by atoms with Crippen LogP contribution >= 0.6 is 0 Å². The first-order valence-electron chi connectivity index (χ1n) is 23.8. The van der Waals surface area contributed by atoms with E-state index < -0.39 is 0 Å². The first-order chi connectivity index (χ1) is 33.2. The van der Waals surface area contributed by atoms with E-state index in [1.54, 1.807) is 0 Å². The summed E-state index contributed by atoms with van der Waals surface area (Å²) in [5.74, 6) is 0. The molecule has 0 radical (unpaired) electrons. The molecule has 0 spiro atoms. The summed E-state index contributed by atoms with van der Waals surface area (Å²) in [4.78, 5) is 2.46. The smallest absolute Gasteiger partial charge is 0.135 e. The van der Waals surface area contributed by atoms with Crippen molar-refractivity contribution < 1.29 is 4.42 Å². The zero-order chi connectivity index (χ0) is 45.7. The van der Waals surface area contributed by atoms with Crippen molar-refractivity contribution in [2.75, 3.05) is 4.90 Å². The summed E-state index contributed by atoms with van der Waals surface area (Å²) in [5, 5.41) is 2.30.